The molecular weight excluding hydrogens is 224 g/mol. The van der Waals surface area contributed by atoms with Crippen LogP contribution < -0.4 is 0 Å². The fraction of sp³-hybridized carbons (Fsp3) is 0.417. The molecule has 0 atom stereocenters. The summed E-state index contributed by atoms with van der Waals surface area (Å²) in [6.07, 6.45) is 1.92. The summed E-state index contributed by atoms with van der Waals surface area (Å²) in [7, 11) is 0. The van der Waals surface area contributed by atoms with E-state index < -0.39 is 0 Å². The molecule has 0 saturated carbocycles. The average Bonchev–Trinajstić information content (AvgIpc) is 2.31. The normalized spacial score (nSPS) is 10.1. The van der Waals surface area contributed by atoms with E-state index in [1.165, 1.54) is 12.0 Å². The molecule has 0 aliphatic heterocycles. The van der Waals surface area contributed by atoms with E-state index in [4.69, 9.17) is 8.92 Å². The Morgan fingerprint density at radius 2 is 2.06 bits per heavy atom. The van der Waals surface area contributed by atoms with Gasteiger partial charge in [-0.3, -0.25) is 4.18 Å². The predicted molar refractivity (Wildman–Crippen MR) is 64.1 cm³/mol. The van der Waals surface area contributed by atoms with E-state index in [2.05, 4.69) is 6.92 Å². The summed E-state index contributed by atoms with van der Waals surface area (Å²) < 4.78 is 10.1. The van der Waals surface area contributed by atoms with E-state index in [1.54, 1.807) is 0 Å². The predicted octanol–water partition coefficient (Wildman–Crippen LogP) is 3.05. The Bertz CT molecular complexity index is 300. The maximum Gasteiger partial charge on any atom is 0.333 e. The summed E-state index contributed by atoms with van der Waals surface area (Å²) in [6, 6.07) is 9.62. The number of hydrogen-bond acceptors (Lipinski definition) is 4. The zero-order chi connectivity index (χ0) is 11.6. The lowest BCUT2D eigenvalue weighted by molar-refractivity contribution is -0.145. The van der Waals surface area contributed by atoms with Crippen molar-refractivity contribution in [2.75, 3.05) is 13.2 Å². The Morgan fingerprint density at radius 3 is 2.75 bits per heavy atom. The first-order valence-electron chi connectivity index (χ1n) is 5.33. The smallest absolute Gasteiger partial charge is 0.333 e. The van der Waals surface area contributed by atoms with E-state index in [0.717, 1.165) is 17.7 Å². The van der Waals surface area contributed by atoms with Gasteiger partial charge in [-0.1, -0.05) is 31.5 Å². The van der Waals surface area contributed by atoms with E-state index in [0.29, 0.717) is 6.61 Å². The summed E-state index contributed by atoms with van der Waals surface area (Å²) in [5, 5.41) is 0. The lowest BCUT2D eigenvalue weighted by Gasteiger charge is -2.04. The summed E-state index contributed by atoms with van der Waals surface area (Å²) in [4.78, 5) is 12.1. The Morgan fingerprint density at radius 1 is 1.31 bits per heavy atom. The van der Waals surface area contributed by atoms with E-state index in [1.807, 2.05) is 30.3 Å². The molecule has 0 radical (unpaired) electrons. The minimum absolute atomic E-state index is 0.0106. The summed E-state index contributed by atoms with van der Waals surface area (Å²) in [6.45, 7) is 2.52. The molecule has 0 saturated heterocycles. The van der Waals surface area contributed by atoms with Crippen LogP contribution in [0, 0.1) is 0 Å². The number of rotatable bonds is 7. The van der Waals surface area contributed by atoms with E-state index in [-0.39, 0.29) is 12.6 Å². The van der Waals surface area contributed by atoms with Gasteiger partial charge in [0, 0.05) is 16.9 Å². The maximum atomic E-state index is 11.1. The highest BCUT2D eigenvalue weighted by atomic mass is 32.2. The van der Waals surface area contributed by atoms with Crippen LogP contribution in [0.15, 0.2) is 35.2 Å². The maximum absolute atomic E-state index is 11.1. The van der Waals surface area contributed by atoms with Crippen LogP contribution in [0.1, 0.15) is 19.8 Å². The van der Waals surface area contributed by atoms with Crippen LogP contribution in [0.4, 0.5) is 0 Å². The van der Waals surface area contributed by atoms with Gasteiger partial charge >= 0.3 is 5.97 Å². The van der Waals surface area contributed by atoms with Crippen molar-refractivity contribution in [3.05, 3.63) is 30.3 Å². The van der Waals surface area contributed by atoms with Gasteiger partial charge in [-0.25, -0.2) is 4.79 Å². The van der Waals surface area contributed by atoms with Gasteiger partial charge in [0.05, 0.1) is 6.61 Å². The fourth-order valence-corrected chi connectivity index (χ4v) is 1.55. The molecule has 0 bridgehead atoms. The van der Waals surface area contributed by atoms with Crippen molar-refractivity contribution in [3.8, 4) is 0 Å². The number of carbonyl (C=O) groups excluding carboxylic acids is 1. The molecule has 0 aliphatic carbocycles. The molecule has 1 aromatic rings. The van der Waals surface area contributed by atoms with Crippen LogP contribution in [-0.4, -0.2) is 19.2 Å². The van der Waals surface area contributed by atoms with Crippen molar-refractivity contribution >= 4 is 18.0 Å². The summed E-state index contributed by atoms with van der Waals surface area (Å²) in [5.74, 6) is -0.308. The van der Waals surface area contributed by atoms with Crippen LogP contribution >= 0.6 is 12.0 Å². The molecule has 88 valence electrons. The van der Waals surface area contributed by atoms with Gasteiger partial charge in [-0.15, -0.1) is 0 Å². The molecule has 0 heterocycles. The largest absolute Gasteiger partial charge is 0.464 e. The average molecular weight is 240 g/mol. The van der Waals surface area contributed by atoms with Gasteiger partial charge in [0.2, 0.25) is 0 Å². The summed E-state index contributed by atoms with van der Waals surface area (Å²) in [5.41, 5.74) is 0. The lowest BCUT2D eigenvalue weighted by atomic mass is 10.4. The zero-order valence-electron chi connectivity index (χ0n) is 9.35. The van der Waals surface area contributed by atoms with Crippen molar-refractivity contribution < 1.29 is 13.7 Å². The Labute approximate surface area is 100 Å². The van der Waals surface area contributed by atoms with Gasteiger partial charge < -0.3 is 4.74 Å². The van der Waals surface area contributed by atoms with Crippen molar-refractivity contribution in [2.24, 2.45) is 0 Å². The number of hydrogen-bond donors (Lipinski definition) is 0. The molecule has 16 heavy (non-hydrogen) atoms. The quantitative estimate of drug-likeness (QED) is 0.417. The molecule has 0 unspecified atom stereocenters. The molecular formula is C12H16O3S. The van der Waals surface area contributed by atoms with Gasteiger partial charge in [-0.05, 0) is 18.6 Å². The van der Waals surface area contributed by atoms with Crippen LogP contribution in [0.3, 0.4) is 0 Å². The van der Waals surface area contributed by atoms with E-state index in [9.17, 15) is 4.79 Å². The minimum Gasteiger partial charge on any atom is -0.464 e. The second kappa shape index (κ2) is 8.19. The van der Waals surface area contributed by atoms with E-state index >= 15 is 0 Å². The highest BCUT2D eigenvalue weighted by molar-refractivity contribution is 7.94. The number of unbranched alkanes of at least 4 members (excludes halogenated alkanes) is 1. The monoisotopic (exact) mass is 240 g/mol. The minimum atomic E-state index is -0.308. The molecule has 0 fully saturated rings. The van der Waals surface area contributed by atoms with Crippen LogP contribution in [0.2, 0.25) is 0 Å². The molecule has 3 nitrogen and oxygen atoms in total. The summed E-state index contributed by atoms with van der Waals surface area (Å²) >= 11 is 1.19. The highest BCUT2D eigenvalue weighted by Gasteiger charge is 2.03. The zero-order valence-corrected chi connectivity index (χ0v) is 10.2. The van der Waals surface area contributed by atoms with Gasteiger partial charge in [0.15, 0.2) is 6.61 Å². The fourth-order valence-electron chi connectivity index (χ4n) is 0.994. The second-order valence-corrected chi connectivity index (χ2v) is 4.11. The molecule has 1 aromatic carbocycles. The molecule has 0 aliphatic rings. The number of ether oxygens (including phenoxy) is 1. The third-order valence-electron chi connectivity index (χ3n) is 1.84. The van der Waals surface area contributed by atoms with Crippen molar-refractivity contribution in [2.45, 2.75) is 24.7 Å². The third-order valence-corrected chi connectivity index (χ3v) is 2.54. The molecule has 0 amide bonds. The highest BCUT2D eigenvalue weighted by Crippen LogP contribution is 2.17. The van der Waals surface area contributed by atoms with Crippen LogP contribution in [-0.2, 0) is 13.7 Å². The van der Waals surface area contributed by atoms with Gasteiger partial charge in [0.1, 0.15) is 0 Å². The van der Waals surface area contributed by atoms with Crippen molar-refractivity contribution in [1.29, 1.82) is 0 Å². The SMILES string of the molecule is CCCCOC(=O)COSc1ccccc1. The Kier molecular flexibility index (Phi) is 6.69. The molecule has 0 N–H and O–H groups in total. The second-order valence-electron chi connectivity index (χ2n) is 3.23. The third kappa shape index (κ3) is 5.78. The Balaban J connectivity index is 2.09. The standard InChI is InChI=1S/C12H16O3S/c1-2-3-9-14-12(13)10-15-16-11-7-5-4-6-8-11/h4-8H,2-3,9-10H2,1H3. The molecule has 0 spiro atoms. The first-order chi connectivity index (χ1) is 7.83. The van der Waals surface area contributed by atoms with Crippen molar-refractivity contribution in [1.82, 2.24) is 0 Å². The molecule has 0 aromatic heterocycles. The number of carbonyl (C=O) groups is 1. The van der Waals surface area contributed by atoms with Gasteiger partial charge in [0.25, 0.3) is 0 Å². The number of benzene rings is 1. The first-order valence-corrected chi connectivity index (χ1v) is 6.07. The molecule has 4 heteroatoms. The van der Waals surface area contributed by atoms with Gasteiger partial charge in [-0.2, -0.15) is 0 Å². The Hall–Kier alpha value is -1.00. The topological polar surface area (TPSA) is 35.5 Å². The number of esters is 1. The molecule has 1 rings (SSSR count). The van der Waals surface area contributed by atoms with Crippen molar-refractivity contribution in [3.63, 3.8) is 0 Å². The first kappa shape index (κ1) is 13.1. The lowest BCUT2D eigenvalue weighted by Crippen LogP contribution is -2.11. The van der Waals surface area contributed by atoms with Crippen LogP contribution in [0.5, 0.6) is 0 Å². The van der Waals surface area contributed by atoms with Crippen LogP contribution in [0.25, 0.3) is 0 Å².